The minimum atomic E-state index is -0.594. The number of rotatable bonds is 6. The lowest BCUT2D eigenvalue weighted by molar-refractivity contribution is -0.385. The summed E-state index contributed by atoms with van der Waals surface area (Å²) in [4.78, 5) is 15.9. The summed E-state index contributed by atoms with van der Waals surface area (Å²) in [6.07, 6.45) is 1.12. The number of anilines is 1. The van der Waals surface area contributed by atoms with Crippen molar-refractivity contribution in [1.29, 1.82) is 0 Å². The van der Waals surface area contributed by atoms with Crippen LogP contribution in [0, 0.1) is 10.1 Å². The van der Waals surface area contributed by atoms with Gasteiger partial charge in [0.25, 0.3) is 5.69 Å². The summed E-state index contributed by atoms with van der Waals surface area (Å²) < 4.78 is 5.05. The van der Waals surface area contributed by atoms with E-state index in [9.17, 15) is 10.1 Å². The van der Waals surface area contributed by atoms with Crippen molar-refractivity contribution in [1.82, 2.24) is 4.98 Å². The van der Waals surface area contributed by atoms with Gasteiger partial charge in [-0.1, -0.05) is 5.16 Å². The van der Waals surface area contributed by atoms with Gasteiger partial charge >= 0.3 is 0 Å². The first-order valence-electron chi connectivity index (χ1n) is 5.76. The molecule has 0 aliphatic carbocycles. The molecule has 9 heteroatoms. The summed E-state index contributed by atoms with van der Waals surface area (Å²) in [5, 5.41) is 22.4. The fourth-order valence-electron chi connectivity index (χ4n) is 1.63. The van der Waals surface area contributed by atoms with E-state index < -0.39 is 4.92 Å². The Labute approximate surface area is 115 Å². The predicted octanol–water partition coefficient (Wildman–Crippen LogP) is 0.555. The van der Waals surface area contributed by atoms with Crippen molar-refractivity contribution >= 4 is 17.3 Å². The molecule has 0 spiro atoms. The number of pyridine rings is 1. The lowest BCUT2D eigenvalue weighted by Crippen LogP contribution is -2.35. The van der Waals surface area contributed by atoms with Gasteiger partial charge in [0.15, 0.2) is 5.84 Å². The van der Waals surface area contributed by atoms with Crippen LogP contribution < -0.4 is 10.6 Å². The van der Waals surface area contributed by atoms with Crippen LogP contribution in [0.15, 0.2) is 17.4 Å². The van der Waals surface area contributed by atoms with Crippen LogP contribution in [0.5, 0.6) is 0 Å². The molecular weight excluding hydrogens is 266 g/mol. The van der Waals surface area contributed by atoms with E-state index in [2.05, 4.69) is 10.1 Å². The SMILES string of the molecule is COCC(C)N(C)c1ncc([N+](=O)[O-])cc1C(N)=NO. The van der Waals surface area contributed by atoms with Crippen LogP contribution in [-0.2, 0) is 4.74 Å². The molecule has 9 nitrogen and oxygen atoms in total. The summed E-state index contributed by atoms with van der Waals surface area (Å²) in [5.41, 5.74) is 5.51. The summed E-state index contributed by atoms with van der Waals surface area (Å²) in [7, 11) is 3.31. The normalized spacial score (nSPS) is 13.1. The van der Waals surface area contributed by atoms with Gasteiger partial charge in [-0.15, -0.1) is 0 Å². The first-order chi connectivity index (χ1) is 9.42. The number of amidine groups is 1. The number of methoxy groups -OCH3 is 1. The van der Waals surface area contributed by atoms with Gasteiger partial charge in [-0.2, -0.15) is 0 Å². The molecule has 0 saturated heterocycles. The molecule has 110 valence electrons. The molecular formula is C11H17N5O4. The molecule has 0 saturated carbocycles. The largest absolute Gasteiger partial charge is 0.409 e. The number of nitrogens with zero attached hydrogens (tertiary/aromatic N) is 4. The van der Waals surface area contributed by atoms with Crippen LogP contribution in [0.25, 0.3) is 0 Å². The van der Waals surface area contributed by atoms with Crippen molar-refractivity contribution in [3.8, 4) is 0 Å². The lowest BCUT2D eigenvalue weighted by atomic mass is 10.2. The zero-order valence-electron chi connectivity index (χ0n) is 11.5. The van der Waals surface area contributed by atoms with E-state index in [1.54, 1.807) is 19.1 Å². The average Bonchev–Trinajstić information content (AvgIpc) is 2.45. The number of oxime groups is 1. The van der Waals surface area contributed by atoms with Crippen LogP contribution in [0.3, 0.4) is 0 Å². The molecule has 3 N–H and O–H groups in total. The maximum atomic E-state index is 10.8. The van der Waals surface area contributed by atoms with E-state index in [4.69, 9.17) is 15.7 Å². The third-order valence-corrected chi connectivity index (χ3v) is 2.85. The van der Waals surface area contributed by atoms with Crippen LogP contribution in [0.1, 0.15) is 12.5 Å². The van der Waals surface area contributed by atoms with E-state index in [0.717, 1.165) is 6.20 Å². The minimum Gasteiger partial charge on any atom is -0.409 e. The van der Waals surface area contributed by atoms with Gasteiger partial charge < -0.3 is 20.6 Å². The molecule has 1 rings (SSSR count). The minimum absolute atomic E-state index is 0.0424. The second-order valence-electron chi connectivity index (χ2n) is 4.22. The maximum absolute atomic E-state index is 10.8. The molecule has 0 aliphatic rings. The van der Waals surface area contributed by atoms with Crippen molar-refractivity contribution in [2.45, 2.75) is 13.0 Å². The Bertz CT molecular complexity index is 520. The Kier molecular flexibility index (Phi) is 5.21. The van der Waals surface area contributed by atoms with Gasteiger partial charge in [-0.25, -0.2) is 4.98 Å². The molecule has 1 aromatic heterocycles. The Morgan fingerprint density at radius 3 is 2.90 bits per heavy atom. The van der Waals surface area contributed by atoms with Gasteiger partial charge in [0.2, 0.25) is 0 Å². The van der Waals surface area contributed by atoms with E-state index in [0.29, 0.717) is 12.4 Å². The Morgan fingerprint density at radius 2 is 2.40 bits per heavy atom. The first-order valence-corrected chi connectivity index (χ1v) is 5.76. The molecule has 1 unspecified atom stereocenters. The average molecular weight is 283 g/mol. The summed E-state index contributed by atoms with van der Waals surface area (Å²) in [6.45, 7) is 2.33. The van der Waals surface area contributed by atoms with Crippen molar-refractivity contribution in [3.05, 3.63) is 27.9 Å². The highest BCUT2D eigenvalue weighted by Gasteiger charge is 2.20. The van der Waals surface area contributed by atoms with Crippen LogP contribution in [-0.4, -0.2) is 47.8 Å². The number of nitrogens with two attached hydrogens (primary N) is 1. The van der Waals surface area contributed by atoms with Crippen LogP contribution in [0.4, 0.5) is 11.5 Å². The van der Waals surface area contributed by atoms with E-state index in [1.807, 2.05) is 6.92 Å². The van der Waals surface area contributed by atoms with E-state index >= 15 is 0 Å². The van der Waals surface area contributed by atoms with Crippen molar-refractivity contribution in [2.75, 3.05) is 25.7 Å². The van der Waals surface area contributed by atoms with Gasteiger partial charge in [0.05, 0.1) is 23.1 Å². The first kappa shape index (κ1) is 15.6. The summed E-state index contributed by atoms with van der Waals surface area (Å²) in [5.74, 6) is 0.128. The topological polar surface area (TPSA) is 127 Å². The zero-order valence-corrected chi connectivity index (χ0v) is 11.5. The molecule has 1 heterocycles. The van der Waals surface area contributed by atoms with Crippen molar-refractivity contribution in [2.24, 2.45) is 10.9 Å². The smallest absolute Gasteiger partial charge is 0.288 e. The third-order valence-electron chi connectivity index (χ3n) is 2.85. The number of nitro groups is 1. The van der Waals surface area contributed by atoms with Crippen LogP contribution in [0.2, 0.25) is 0 Å². The highest BCUT2D eigenvalue weighted by Crippen LogP contribution is 2.23. The molecule has 0 fully saturated rings. The maximum Gasteiger partial charge on any atom is 0.288 e. The number of likely N-dealkylation sites (N-methyl/N-ethyl adjacent to an activating group) is 1. The highest BCUT2D eigenvalue weighted by molar-refractivity contribution is 6.01. The standard InChI is InChI=1S/C11H17N5O4/c1-7(6-20-3)15(2)11-9(10(12)14-17)4-8(5-13-11)16(18)19/h4-5,7,17H,6H2,1-3H3,(H2,12,14). The number of hydrogen-bond acceptors (Lipinski definition) is 7. The van der Waals surface area contributed by atoms with Crippen molar-refractivity contribution in [3.63, 3.8) is 0 Å². The monoisotopic (exact) mass is 283 g/mol. The number of ether oxygens (including phenoxy) is 1. The fourth-order valence-corrected chi connectivity index (χ4v) is 1.63. The molecule has 0 aromatic carbocycles. The second kappa shape index (κ2) is 6.66. The van der Waals surface area contributed by atoms with Gasteiger partial charge in [-0.05, 0) is 6.92 Å². The van der Waals surface area contributed by atoms with Gasteiger partial charge in [-0.3, -0.25) is 10.1 Å². The molecule has 20 heavy (non-hydrogen) atoms. The Hall–Kier alpha value is -2.42. The van der Waals surface area contributed by atoms with Gasteiger partial charge in [0.1, 0.15) is 12.0 Å². The Morgan fingerprint density at radius 1 is 1.75 bits per heavy atom. The lowest BCUT2D eigenvalue weighted by Gasteiger charge is -2.26. The number of aromatic nitrogens is 1. The highest BCUT2D eigenvalue weighted by atomic mass is 16.6. The van der Waals surface area contributed by atoms with E-state index in [1.165, 1.54) is 6.07 Å². The Balaban J connectivity index is 3.28. The molecule has 0 bridgehead atoms. The number of hydrogen-bond donors (Lipinski definition) is 2. The quantitative estimate of drug-likeness (QED) is 0.256. The predicted molar refractivity (Wildman–Crippen MR) is 73.1 cm³/mol. The molecule has 0 radical (unpaired) electrons. The zero-order chi connectivity index (χ0) is 15.3. The molecule has 1 aromatic rings. The van der Waals surface area contributed by atoms with E-state index in [-0.39, 0.29) is 23.1 Å². The van der Waals surface area contributed by atoms with Crippen LogP contribution >= 0.6 is 0 Å². The van der Waals surface area contributed by atoms with Gasteiger partial charge in [0, 0.05) is 20.2 Å². The van der Waals surface area contributed by atoms with Crippen molar-refractivity contribution < 1.29 is 14.9 Å². The fraction of sp³-hybridized carbons (Fsp3) is 0.455. The summed E-state index contributed by atoms with van der Waals surface area (Å²) in [6, 6.07) is 1.17. The molecule has 0 amide bonds. The second-order valence-corrected chi connectivity index (χ2v) is 4.22. The molecule has 1 atom stereocenters. The third kappa shape index (κ3) is 3.32. The molecule has 0 aliphatic heterocycles. The summed E-state index contributed by atoms with van der Waals surface area (Å²) >= 11 is 0.